The lowest BCUT2D eigenvalue weighted by Crippen LogP contribution is -2.07. The van der Waals surface area contributed by atoms with E-state index in [2.05, 4.69) is 15.4 Å². The van der Waals surface area contributed by atoms with Crippen molar-refractivity contribution in [1.82, 2.24) is 14.6 Å². The van der Waals surface area contributed by atoms with E-state index >= 15 is 0 Å². The Balaban J connectivity index is 1.83. The van der Waals surface area contributed by atoms with Gasteiger partial charge in [0.25, 0.3) is 0 Å². The van der Waals surface area contributed by atoms with E-state index in [0.29, 0.717) is 11.6 Å². The van der Waals surface area contributed by atoms with Crippen molar-refractivity contribution in [3.05, 3.63) is 35.5 Å². The van der Waals surface area contributed by atoms with Crippen molar-refractivity contribution in [3.63, 3.8) is 0 Å². The maximum Gasteiger partial charge on any atom is 0.214 e. The molecular weight excluding hydrogens is 296 g/mol. The first-order valence-corrected chi connectivity index (χ1v) is 7.30. The van der Waals surface area contributed by atoms with Gasteiger partial charge in [0.05, 0.1) is 18.5 Å². The number of methoxy groups -OCH3 is 1. The van der Waals surface area contributed by atoms with Gasteiger partial charge in [0.15, 0.2) is 0 Å². The van der Waals surface area contributed by atoms with Gasteiger partial charge in [-0.05, 0) is 12.1 Å². The zero-order chi connectivity index (χ0) is 13.9. The van der Waals surface area contributed by atoms with E-state index in [1.165, 1.54) is 11.3 Å². The fraction of sp³-hybridized carbons (Fsp3) is 0.231. The van der Waals surface area contributed by atoms with Crippen molar-refractivity contribution < 1.29 is 4.74 Å². The molecule has 0 bridgehead atoms. The molecule has 5 nitrogen and oxygen atoms in total. The number of imidazole rings is 1. The van der Waals surface area contributed by atoms with Crippen LogP contribution in [0.1, 0.15) is 0 Å². The number of halogens is 1. The van der Waals surface area contributed by atoms with Crippen molar-refractivity contribution >= 4 is 33.0 Å². The number of hydrogen-bond donors (Lipinski definition) is 1. The number of benzene rings is 1. The van der Waals surface area contributed by atoms with E-state index in [1.54, 1.807) is 11.6 Å². The third-order valence-corrected chi connectivity index (χ3v) is 3.86. The van der Waals surface area contributed by atoms with Gasteiger partial charge in [-0.25, -0.2) is 9.50 Å². The van der Waals surface area contributed by atoms with Gasteiger partial charge in [0.2, 0.25) is 10.1 Å². The fourth-order valence-electron chi connectivity index (χ4n) is 1.82. The molecule has 0 unspecified atom stereocenters. The van der Waals surface area contributed by atoms with Crippen molar-refractivity contribution in [2.75, 3.05) is 25.6 Å². The minimum Gasteiger partial charge on any atom is -0.383 e. The van der Waals surface area contributed by atoms with E-state index in [9.17, 15) is 0 Å². The zero-order valence-corrected chi connectivity index (χ0v) is 12.4. The Kier molecular flexibility index (Phi) is 3.86. The number of rotatable bonds is 5. The van der Waals surface area contributed by atoms with Crippen LogP contribution in [0, 0.1) is 0 Å². The summed E-state index contributed by atoms with van der Waals surface area (Å²) in [6.07, 6.45) is 1.90. The van der Waals surface area contributed by atoms with Crippen LogP contribution in [0.2, 0.25) is 5.02 Å². The van der Waals surface area contributed by atoms with E-state index in [4.69, 9.17) is 16.3 Å². The summed E-state index contributed by atoms with van der Waals surface area (Å²) in [5, 5.41) is 9.15. The standard InChI is InChI=1S/C13H13ClN4OS/c1-19-6-5-15-12-17-18-8-11(16-13(18)20-12)9-3-2-4-10(14)7-9/h2-4,7-8H,5-6H2,1H3,(H,15,17). The van der Waals surface area contributed by atoms with E-state index in [0.717, 1.165) is 27.9 Å². The fourth-order valence-corrected chi connectivity index (χ4v) is 2.82. The molecule has 0 saturated heterocycles. The largest absolute Gasteiger partial charge is 0.383 e. The van der Waals surface area contributed by atoms with Crippen molar-refractivity contribution in [3.8, 4) is 11.3 Å². The molecular formula is C13H13ClN4OS. The van der Waals surface area contributed by atoms with Gasteiger partial charge in [-0.3, -0.25) is 0 Å². The highest BCUT2D eigenvalue weighted by molar-refractivity contribution is 7.20. The van der Waals surface area contributed by atoms with Gasteiger partial charge in [-0.2, -0.15) is 0 Å². The van der Waals surface area contributed by atoms with E-state index in [-0.39, 0.29) is 0 Å². The Labute approximate surface area is 125 Å². The Hall–Kier alpha value is -1.63. The molecule has 0 spiro atoms. The first-order valence-electron chi connectivity index (χ1n) is 6.11. The molecule has 0 aliphatic carbocycles. The smallest absolute Gasteiger partial charge is 0.214 e. The lowest BCUT2D eigenvalue weighted by atomic mass is 10.2. The predicted octanol–water partition coefficient (Wildman–Crippen LogP) is 3.17. The molecule has 0 atom stereocenters. The van der Waals surface area contributed by atoms with Crippen molar-refractivity contribution in [2.24, 2.45) is 0 Å². The van der Waals surface area contributed by atoms with Gasteiger partial charge < -0.3 is 10.1 Å². The molecule has 3 aromatic rings. The molecule has 0 radical (unpaired) electrons. The second kappa shape index (κ2) is 5.78. The molecule has 0 amide bonds. The highest BCUT2D eigenvalue weighted by Gasteiger charge is 2.09. The molecule has 104 valence electrons. The lowest BCUT2D eigenvalue weighted by Gasteiger charge is -1.99. The first-order chi connectivity index (χ1) is 9.76. The number of hydrogen-bond acceptors (Lipinski definition) is 5. The van der Waals surface area contributed by atoms with Gasteiger partial charge >= 0.3 is 0 Å². The van der Waals surface area contributed by atoms with Crippen LogP contribution in [0.3, 0.4) is 0 Å². The summed E-state index contributed by atoms with van der Waals surface area (Å²) in [5.41, 5.74) is 1.86. The Bertz CT molecular complexity index is 693. The van der Waals surface area contributed by atoms with E-state index in [1.807, 2.05) is 30.5 Å². The average molecular weight is 309 g/mol. The summed E-state index contributed by atoms with van der Waals surface area (Å²) in [4.78, 5) is 5.41. The lowest BCUT2D eigenvalue weighted by molar-refractivity contribution is 0.210. The van der Waals surface area contributed by atoms with Crippen LogP contribution in [0.15, 0.2) is 30.5 Å². The average Bonchev–Trinajstić information content (AvgIpc) is 2.97. The van der Waals surface area contributed by atoms with Gasteiger partial charge in [0, 0.05) is 24.2 Å². The summed E-state index contributed by atoms with van der Waals surface area (Å²) in [6, 6.07) is 7.64. The van der Waals surface area contributed by atoms with Crippen LogP contribution in [0.5, 0.6) is 0 Å². The minimum atomic E-state index is 0.648. The second-order valence-corrected chi connectivity index (χ2v) is 5.58. The number of aromatic nitrogens is 3. The van der Waals surface area contributed by atoms with Crippen LogP contribution in [-0.2, 0) is 4.74 Å². The Morgan fingerprint density at radius 3 is 3.10 bits per heavy atom. The predicted molar refractivity (Wildman–Crippen MR) is 81.7 cm³/mol. The van der Waals surface area contributed by atoms with Gasteiger partial charge in [-0.1, -0.05) is 35.1 Å². The van der Waals surface area contributed by atoms with Crippen molar-refractivity contribution in [2.45, 2.75) is 0 Å². The summed E-state index contributed by atoms with van der Waals surface area (Å²) in [5.74, 6) is 0. The zero-order valence-electron chi connectivity index (χ0n) is 10.8. The topological polar surface area (TPSA) is 51.5 Å². The van der Waals surface area contributed by atoms with Crippen molar-refractivity contribution in [1.29, 1.82) is 0 Å². The maximum atomic E-state index is 5.99. The number of nitrogens with one attached hydrogen (secondary N) is 1. The summed E-state index contributed by atoms with van der Waals surface area (Å²) in [6.45, 7) is 1.38. The molecule has 3 rings (SSSR count). The molecule has 0 saturated carbocycles. The number of ether oxygens (including phenoxy) is 1. The summed E-state index contributed by atoms with van der Waals surface area (Å²) in [7, 11) is 1.67. The number of nitrogens with zero attached hydrogens (tertiary/aromatic N) is 3. The second-order valence-electron chi connectivity index (χ2n) is 4.19. The highest BCUT2D eigenvalue weighted by atomic mass is 35.5. The molecule has 0 fully saturated rings. The van der Waals surface area contributed by atoms with Crippen LogP contribution in [0.4, 0.5) is 5.13 Å². The van der Waals surface area contributed by atoms with Crippen LogP contribution >= 0.6 is 22.9 Å². The quantitative estimate of drug-likeness (QED) is 0.736. The normalized spacial score (nSPS) is 11.1. The number of anilines is 1. The summed E-state index contributed by atoms with van der Waals surface area (Å²) < 4.78 is 6.76. The Morgan fingerprint density at radius 1 is 1.45 bits per heavy atom. The first kappa shape index (κ1) is 13.4. The molecule has 20 heavy (non-hydrogen) atoms. The van der Waals surface area contributed by atoms with Gasteiger partial charge in [-0.15, -0.1) is 5.10 Å². The number of fused-ring (bicyclic) bond motifs is 1. The van der Waals surface area contributed by atoms with E-state index < -0.39 is 0 Å². The molecule has 0 aliphatic heterocycles. The monoisotopic (exact) mass is 308 g/mol. The summed E-state index contributed by atoms with van der Waals surface area (Å²) >= 11 is 7.50. The highest BCUT2D eigenvalue weighted by Crippen LogP contribution is 2.25. The Morgan fingerprint density at radius 2 is 2.35 bits per heavy atom. The van der Waals surface area contributed by atoms with Crippen LogP contribution in [0.25, 0.3) is 16.2 Å². The molecule has 1 aromatic carbocycles. The van der Waals surface area contributed by atoms with Gasteiger partial charge in [0.1, 0.15) is 0 Å². The maximum absolute atomic E-state index is 5.99. The molecule has 2 aromatic heterocycles. The third-order valence-electron chi connectivity index (χ3n) is 2.75. The molecule has 1 N–H and O–H groups in total. The molecule has 0 aliphatic rings. The molecule has 7 heteroatoms. The molecule has 2 heterocycles. The minimum absolute atomic E-state index is 0.648. The van der Waals surface area contributed by atoms with Crippen LogP contribution < -0.4 is 5.32 Å². The SMILES string of the molecule is COCCNc1nn2cc(-c3cccc(Cl)c3)nc2s1. The third kappa shape index (κ3) is 2.77. The van der Waals surface area contributed by atoms with Crippen LogP contribution in [-0.4, -0.2) is 34.9 Å².